The summed E-state index contributed by atoms with van der Waals surface area (Å²) in [5.41, 5.74) is 2.48. The summed E-state index contributed by atoms with van der Waals surface area (Å²) in [5.74, 6) is 1.46. The fourth-order valence-corrected chi connectivity index (χ4v) is 4.93. The molecule has 5 rings (SSSR count). The number of amidine groups is 1. The van der Waals surface area contributed by atoms with E-state index in [1.165, 1.54) is 37.1 Å². The molecule has 1 saturated heterocycles. The van der Waals surface area contributed by atoms with Gasteiger partial charge in [0.1, 0.15) is 18.1 Å². The Labute approximate surface area is 241 Å². The van der Waals surface area contributed by atoms with Crippen LogP contribution in [-0.4, -0.2) is 41.5 Å². The number of benzene rings is 3. The summed E-state index contributed by atoms with van der Waals surface area (Å²) in [7, 11) is 2.89. The van der Waals surface area contributed by atoms with Crippen LogP contribution in [0, 0.1) is 0 Å². The molecule has 0 spiro atoms. The number of methoxy groups -OCH3 is 2. The molecule has 1 aliphatic rings. The summed E-state index contributed by atoms with van der Waals surface area (Å²) in [6, 6.07) is 24.2. The zero-order valence-electron chi connectivity index (χ0n) is 22.4. The lowest BCUT2D eigenvalue weighted by molar-refractivity contribution is -0.122. The Morgan fingerprint density at radius 2 is 1.73 bits per heavy atom. The van der Waals surface area contributed by atoms with Crippen molar-refractivity contribution in [3.63, 3.8) is 0 Å². The van der Waals surface area contributed by atoms with Crippen LogP contribution in [0.4, 0.5) is 0 Å². The molecule has 41 heavy (non-hydrogen) atoms. The first-order valence-electron chi connectivity index (χ1n) is 12.6. The largest absolute Gasteiger partial charge is 0.502 e. The second kappa shape index (κ2) is 12.9. The normalized spacial score (nSPS) is 15.3. The van der Waals surface area contributed by atoms with Crippen LogP contribution in [0.1, 0.15) is 22.5 Å². The first-order chi connectivity index (χ1) is 20.0. The number of nitrogens with zero attached hydrogens (tertiary/aromatic N) is 3. The molecule has 10 heteroatoms. The molecule has 3 aromatic carbocycles. The van der Waals surface area contributed by atoms with E-state index in [1.807, 2.05) is 54.6 Å². The Morgan fingerprint density at radius 1 is 0.951 bits per heavy atom. The molecule has 1 aliphatic heterocycles. The van der Waals surface area contributed by atoms with Crippen LogP contribution in [0.5, 0.6) is 23.0 Å². The van der Waals surface area contributed by atoms with E-state index >= 15 is 0 Å². The summed E-state index contributed by atoms with van der Waals surface area (Å²) >= 11 is 1.21. The van der Waals surface area contributed by atoms with Crippen LogP contribution in [0.15, 0.2) is 105 Å². The average molecular weight is 570 g/mol. The van der Waals surface area contributed by atoms with Gasteiger partial charge >= 0.3 is 0 Å². The number of phenolic OH excluding ortho intramolecular Hbond substituents is 1. The Kier molecular flexibility index (Phi) is 8.70. The first-order valence-corrected chi connectivity index (χ1v) is 13.4. The number of thioether (sulfide) groups is 1. The number of aromatic hydroxyl groups is 1. The van der Waals surface area contributed by atoms with Gasteiger partial charge in [-0.05, 0) is 65.4 Å². The number of hydrogen-bond donors (Lipinski definition) is 1. The zero-order valence-corrected chi connectivity index (χ0v) is 23.2. The SMILES string of the molecule is COc1cc(/C=N\N=C2\S/C(=C\c3cccc(OCc4ccccc4)c3)C(=O)N2Cc2ccco2)cc(OC)c1O. The molecule has 1 amide bonds. The molecule has 1 fully saturated rings. The molecule has 208 valence electrons. The first kappa shape index (κ1) is 27.6. The van der Waals surface area contributed by atoms with Crippen molar-refractivity contribution in [3.8, 4) is 23.0 Å². The molecule has 1 aromatic heterocycles. The minimum atomic E-state index is -0.219. The highest BCUT2D eigenvalue weighted by Gasteiger charge is 2.34. The van der Waals surface area contributed by atoms with Gasteiger partial charge in [0.25, 0.3) is 5.91 Å². The monoisotopic (exact) mass is 569 g/mol. The topological polar surface area (TPSA) is 106 Å². The predicted molar refractivity (Wildman–Crippen MR) is 158 cm³/mol. The standard InChI is InChI=1S/C31H27N3O6S/c1-37-26-15-23(16-27(38-2)29(26)35)18-32-33-31-34(19-25-12-7-13-39-25)30(36)28(41-31)17-22-10-6-11-24(14-22)40-20-21-8-4-3-5-9-21/h3-18,35H,19-20H2,1-2H3/b28-17-,32-18-,33-31+. The molecule has 0 unspecified atom stereocenters. The summed E-state index contributed by atoms with van der Waals surface area (Å²) in [5, 5.41) is 19.1. The maximum absolute atomic E-state index is 13.5. The molecule has 2 heterocycles. The molecule has 0 aliphatic carbocycles. The third kappa shape index (κ3) is 6.79. The van der Waals surface area contributed by atoms with Gasteiger partial charge in [0.15, 0.2) is 16.7 Å². The zero-order chi connectivity index (χ0) is 28.6. The fourth-order valence-electron chi connectivity index (χ4n) is 4.00. The molecule has 0 bridgehead atoms. The van der Waals surface area contributed by atoms with E-state index in [9.17, 15) is 9.90 Å². The Balaban J connectivity index is 1.38. The molecule has 9 nitrogen and oxygen atoms in total. The number of ether oxygens (including phenoxy) is 3. The average Bonchev–Trinajstić information content (AvgIpc) is 3.62. The van der Waals surface area contributed by atoms with Gasteiger partial charge in [0, 0.05) is 5.56 Å². The van der Waals surface area contributed by atoms with Crippen molar-refractivity contribution >= 4 is 35.1 Å². The van der Waals surface area contributed by atoms with Crippen LogP contribution < -0.4 is 14.2 Å². The Morgan fingerprint density at radius 3 is 2.44 bits per heavy atom. The minimum Gasteiger partial charge on any atom is -0.502 e. The quantitative estimate of drug-likeness (QED) is 0.140. The van der Waals surface area contributed by atoms with Crippen molar-refractivity contribution in [2.45, 2.75) is 13.2 Å². The lowest BCUT2D eigenvalue weighted by Crippen LogP contribution is -2.28. The highest BCUT2D eigenvalue weighted by Crippen LogP contribution is 2.37. The van der Waals surface area contributed by atoms with Gasteiger partial charge < -0.3 is 23.7 Å². The lowest BCUT2D eigenvalue weighted by Gasteiger charge is -2.12. The van der Waals surface area contributed by atoms with Crippen LogP contribution in [0.3, 0.4) is 0 Å². The van der Waals surface area contributed by atoms with Gasteiger partial charge in [0.2, 0.25) is 5.75 Å². The molecular formula is C31H27N3O6S. The second-order valence-corrected chi connectivity index (χ2v) is 9.84. The third-order valence-electron chi connectivity index (χ3n) is 6.04. The molecule has 1 N–H and O–H groups in total. The molecular weight excluding hydrogens is 542 g/mol. The maximum Gasteiger partial charge on any atom is 0.267 e. The number of rotatable bonds is 10. The van der Waals surface area contributed by atoms with E-state index in [4.69, 9.17) is 18.6 Å². The Bertz CT molecular complexity index is 1570. The van der Waals surface area contributed by atoms with E-state index in [-0.39, 0.29) is 29.7 Å². The van der Waals surface area contributed by atoms with Gasteiger partial charge in [-0.15, -0.1) is 5.10 Å². The molecule has 0 atom stereocenters. The van der Waals surface area contributed by atoms with Crippen LogP contribution in [0.25, 0.3) is 6.08 Å². The van der Waals surface area contributed by atoms with Crippen LogP contribution in [-0.2, 0) is 17.9 Å². The number of amides is 1. The molecule has 4 aromatic rings. The van der Waals surface area contributed by atoms with Gasteiger partial charge in [-0.1, -0.05) is 42.5 Å². The van der Waals surface area contributed by atoms with Gasteiger partial charge in [-0.2, -0.15) is 5.10 Å². The van der Waals surface area contributed by atoms with Gasteiger partial charge in [0.05, 0.1) is 38.1 Å². The number of carbonyl (C=O) groups is 1. The summed E-state index contributed by atoms with van der Waals surface area (Å²) in [4.78, 5) is 15.4. The minimum absolute atomic E-state index is 0.107. The number of carbonyl (C=O) groups excluding carboxylic acids is 1. The van der Waals surface area contributed by atoms with E-state index < -0.39 is 0 Å². The van der Waals surface area contributed by atoms with E-state index in [2.05, 4.69) is 10.2 Å². The van der Waals surface area contributed by atoms with Crippen molar-refractivity contribution in [3.05, 3.63) is 112 Å². The number of hydrogen-bond acceptors (Lipinski definition) is 9. The summed E-state index contributed by atoms with van der Waals surface area (Å²) < 4.78 is 21.8. The summed E-state index contributed by atoms with van der Waals surface area (Å²) in [6.45, 7) is 0.644. The third-order valence-corrected chi connectivity index (χ3v) is 7.04. The smallest absolute Gasteiger partial charge is 0.267 e. The Hall–Kier alpha value is -4.96. The van der Waals surface area contributed by atoms with Crippen molar-refractivity contribution in [1.82, 2.24) is 4.90 Å². The maximum atomic E-state index is 13.5. The number of furan rings is 1. The second-order valence-electron chi connectivity index (χ2n) is 8.83. The summed E-state index contributed by atoms with van der Waals surface area (Å²) in [6.07, 6.45) is 4.85. The van der Waals surface area contributed by atoms with Crippen LogP contribution >= 0.6 is 11.8 Å². The van der Waals surface area contributed by atoms with Gasteiger partial charge in [-0.3, -0.25) is 9.69 Å². The van der Waals surface area contributed by atoms with Crippen molar-refractivity contribution in [2.75, 3.05) is 14.2 Å². The van der Waals surface area contributed by atoms with Crippen molar-refractivity contribution in [1.29, 1.82) is 0 Å². The van der Waals surface area contributed by atoms with Gasteiger partial charge in [-0.25, -0.2) is 0 Å². The predicted octanol–water partition coefficient (Wildman–Crippen LogP) is 6.09. The van der Waals surface area contributed by atoms with Crippen molar-refractivity contribution < 1.29 is 28.5 Å². The number of phenols is 1. The van der Waals surface area contributed by atoms with Crippen molar-refractivity contribution in [2.24, 2.45) is 10.2 Å². The molecule has 0 radical (unpaired) electrons. The van der Waals surface area contributed by atoms with E-state index in [0.29, 0.717) is 33.8 Å². The highest BCUT2D eigenvalue weighted by atomic mass is 32.2. The highest BCUT2D eigenvalue weighted by molar-refractivity contribution is 8.18. The van der Waals surface area contributed by atoms with E-state index in [0.717, 1.165) is 11.1 Å². The lowest BCUT2D eigenvalue weighted by atomic mass is 10.2. The fraction of sp³-hybridized carbons (Fsp3) is 0.129. The van der Waals surface area contributed by atoms with Crippen LogP contribution in [0.2, 0.25) is 0 Å². The van der Waals surface area contributed by atoms with E-state index in [1.54, 1.807) is 36.6 Å². The molecule has 0 saturated carbocycles.